The second kappa shape index (κ2) is 11.9. The first-order valence-electron chi connectivity index (χ1n) is 9.57. The highest BCUT2D eigenvalue weighted by molar-refractivity contribution is 7.80. The fourth-order valence-corrected chi connectivity index (χ4v) is 3.13. The lowest BCUT2D eigenvalue weighted by atomic mass is 9.83. The molecule has 0 aliphatic carbocycles. The molecule has 0 bridgehead atoms. The second-order valence-electron chi connectivity index (χ2n) is 7.02. The van der Waals surface area contributed by atoms with Gasteiger partial charge in [-0.05, 0) is 49.2 Å². The van der Waals surface area contributed by atoms with Crippen LogP contribution in [-0.4, -0.2) is 17.7 Å². The van der Waals surface area contributed by atoms with Crippen LogP contribution in [0.3, 0.4) is 0 Å². The van der Waals surface area contributed by atoms with Crippen LogP contribution in [-0.2, 0) is 0 Å². The molecule has 0 radical (unpaired) electrons. The van der Waals surface area contributed by atoms with Gasteiger partial charge in [0.1, 0.15) is 0 Å². The normalized spacial score (nSPS) is 19.9. The SMILES string of the molecule is C/C=C\C=C/C1=CN(C)/C(=C/C=C/C=C(/C=C/CC)CCCS)C1(C)C. The average Bonchev–Trinajstić information content (AvgIpc) is 2.82. The van der Waals surface area contributed by atoms with E-state index in [9.17, 15) is 0 Å². The highest BCUT2D eigenvalue weighted by atomic mass is 32.1. The molecule has 26 heavy (non-hydrogen) atoms. The average molecular weight is 370 g/mol. The summed E-state index contributed by atoms with van der Waals surface area (Å²) in [5.41, 5.74) is 4.01. The lowest BCUT2D eigenvalue weighted by Gasteiger charge is -2.25. The van der Waals surface area contributed by atoms with Crippen molar-refractivity contribution in [2.45, 2.75) is 47.0 Å². The van der Waals surface area contributed by atoms with E-state index in [2.05, 4.69) is 106 Å². The fraction of sp³-hybridized carbons (Fsp3) is 0.417. The maximum absolute atomic E-state index is 4.32. The molecule has 0 saturated heterocycles. The van der Waals surface area contributed by atoms with Crippen LogP contribution in [0.1, 0.15) is 47.0 Å². The first-order valence-corrected chi connectivity index (χ1v) is 10.2. The molecule has 0 aromatic carbocycles. The molecule has 0 aromatic rings. The van der Waals surface area contributed by atoms with E-state index in [-0.39, 0.29) is 5.41 Å². The summed E-state index contributed by atoms with van der Waals surface area (Å²) >= 11 is 4.32. The Morgan fingerprint density at radius 3 is 2.62 bits per heavy atom. The molecule has 1 nitrogen and oxygen atoms in total. The zero-order valence-corrected chi connectivity index (χ0v) is 18.0. The molecule has 0 aromatic heterocycles. The van der Waals surface area contributed by atoms with Gasteiger partial charge in [-0.1, -0.05) is 75.5 Å². The van der Waals surface area contributed by atoms with Gasteiger partial charge in [0.05, 0.1) is 0 Å². The summed E-state index contributed by atoms with van der Waals surface area (Å²) in [7, 11) is 2.12. The molecule has 0 fully saturated rings. The number of thiol groups is 1. The Kier molecular flexibility index (Phi) is 10.2. The van der Waals surface area contributed by atoms with Crippen LogP contribution < -0.4 is 0 Å². The van der Waals surface area contributed by atoms with Crippen LogP contribution >= 0.6 is 12.6 Å². The molecule has 0 amide bonds. The molecule has 1 aliphatic heterocycles. The molecule has 0 N–H and O–H groups in total. The zero-order valence-electron chi connectivity index (χ0n) is 17.1. The van der Waals surface area contributed by atoms with Gasteiger partial charge in [-0.25, -0.2) is 0 Å². The minimum atomic E-state index is 0.0118. The molecule has 0 atom stereocenters. The van der Waals surface area contributed by atoms with Crippen molar-refractivity contribution >= 4 is 12.6 Å². The van der Waals surface area contributed by atoms with Crippen LogP contribution in [0.25, 0.3) is 0 Å². The quantitative estimate of drug-likeness (QED) is 0.338. The van der Waals surface area contributed by atoms with Crippen LogP contribution in [0.5, 0.6) is 0 Å². The molecular weight excluding hydrogens is 334 g/mol. The molecule has 0 unspecified atom stereocenters. The van der Waals surface area contributed by atoms with E-state index in [0.29, 0.717) is 0 Å². The monoisotopic (exact) mass is 369 g/mol. The molecule has 0 spiro atoms. The Morgan fingerprint density at radius 2 is 1.96 bits per heavy atom. The highest BCUT2D eigenvalue weighted by Crippen LogP contribution is 2.42. The molecule has 1 aliphatic rings. The van der Waals surface area contributed by atoms with Crippen molar-refractivity contribution in [1.29, 1.82) is 0 Å². The Morgan fingerprint density at radius 1 is 1.19 bits per heavy atom. The number of hydrogen-bond acceptors (Lipinski definition) is 2. The van der Waals surface area contributed by atoms with E-state index < -0.39 is 0 Å². The number of allylic oxidation sites excluding steroid dienone is 12. The fourth-order valence-electron chi connectivity index (χ4n) is 2.98. The lowest BCUT2D eigenvalue weighted by Crippen LogP contribution is -2.18. The largest absolute Gasteiger partial charge is 0.353 e. The van der Waals surface area contributed by atoms with Crippen molar-refractivity contribution in [3.05, 3.63) is 83.8 Å². The van der Waals surface area contributed by atoms with E-state index in [0.717, 1.165) is 25.0 Å². The van der Waals surface area contributed by atoms with Crippen molar-refractivity contribution in [2.24, 2.45) is 5.41 Å². The number of nitrogens with zero attached hydrogens (tertiary/aromatic N) is 1. The van der Waals surface area contributed by atoms with Gasteiger partial charge in [-0.2, -0.15) is 12.6 Å². The third-order valence-corrected chi connectivity index (χ3v) is 4.84. The smallest absolute Gasteiger partial charge is 0.0313 e. The second-order valence-corrected chi connectivity index (χ2v) is 7.47. The van der Waals surface area contributed by atoms with Gasteiger partial charge < -0.3 is 4.90 Å². The first kappa shape index (κ1) is 22.4. The van der Waals surface area contributed by atoms with Gasteiger partial charge in [0.2, 0.25) is 0 Å². The van der Waals surface area contributed by atoms with Gasteiger partial charge in [0, 0.05) is 24.4 Å². The van der Waals surface area contributed by atoms with Gasteiger partial charge in [0.25, 0.3) is 0 Å². The Labute approximate surface area is 166 Å². The summed E-state index contributed by atoms with van der Waals surface area (Å²) in [6.45, 7) is 8.76. The van der Waals surface area contributed by atoms with E-state index in [1.165, 1.54) is 16.8 Å². The van der Waals surface area contributed by atoms with Crippen molar-refractivity contribution < 1.29 is 0 Å². The van der Waals surface area contributed by atoms with E-state index in [1.807, 2.05) is 13.0 Å². The summed E-state index contributed by atoms with van der Waals surface area (Å²) in [4.78, 5) is 2.22. The summed E-state index contributed by atoms with van der Waals surface area (Å²) < 4.78 is 0. The summed E-state index contributed by atoms with van der Waals surface area (Å²) in [5.74, 6) is 0.930. The zero-order chi connectivity index (χ0) is 19.4. The maximum atomic E-state index is 4.32. The molecule has 2 heteroatoms. The third-order valence-electron chi connectivity index (χ3n) is 4.52. The third kappa shape index (κ3) is 6.92. The van der Waals surface area contributed by atoms with Crippen LogP contribution in [0, 0.1) is 5.41 Å². The minimum absolute atomic E-state index is 0.0118. The van der Waals surface area contributed by atoms with Crippen LogP contribution in [0.4, 0.5) is 0 Å². The highest BCUT2D eigenvalue weighted by Gasteiger charge is 2.33. The molecule has 1 heterocycles. The predicted octanol–water partition coefficient (Wildman–Crippen LogP) is 7.02. The summed E-state index contributed by atoms with van der Waals surface area (Å²) in [5, 5.41) is 0. The van der Waals surface area contributed by atoms with E-state index >= 15 is 0 Å². The maximum Gasteiger partial charge on any atom is 0.0313 e. The van der Waals surface area contributed by atoms with Gasteiger partial charge in [-0.3, -0.25) is 0 Å². The van der Waals surface area contributed by atoms with Crippen molar-refractivity contribution in [3.63, 3.8) is 0 Å². The van der Waals surface area contributed by atoms with Crippen molar-refractivity contribution in [1.82, 2.24) is 4.90 Å². The van der Waals surface area contributed by atoms with Crippen LogP contribution in [0.15, 0.2) is 83.8 Å². The Bertz CT molecular complexity index is 639. The van der Waals surface area contributed by atoms with Gasteiger partial charge >= 0.3 is 0 Å². The standard InChI is InChI=1S/C24H35NS/c1-6-8-10-17-22-20-25(5)23(24(22,3)4)18-12-11-15-21(14-9-7-2)16-13-19-26/h6,8-12,14-15,17-18,20,26H,7,13,16,19H2,1-5H3/b8-6-,12-11+,14-9+,17-10-,21-15-,23-18+. The molecular formula is C24H35NS. The van der Waals surface area contributed by atoms with Crippen molar-refractivity contribution in [3.8, 4) is 0 Å². The molecule has 0 saturated carbocycles. The van der Waals surface area contributed by atoms with Gasteiger partial charge in [-0.15, -0.1) is 0 Å². The Hall–Kier alpha value is -1.67. The first-order chi connectivity index (χ1) is 12.5. The van der Waals surface area contributed by atoms with Crippen molar-refractivity contribution in [2.75, 3.05) is 12.8 Å². The predicted molar refractivity (Wildman–Crippen MR) is 121 cm³/mol. The number of hydrogen-bond donors (Lipinski definition) is 1. The van der Waals surface area contributed by atoms with E-state index in [1.54, 1.807) is 0 Å². The summed E-state index contributed by atoms with van der Waals surface area (Å²) in [6, 6.07) is 0. The lowest BCUT2D eigenvalue weighted by molar-refractivity contribution is 0.456. The number of rotatable bonds is 9. The molecule has 1 rings (SSSR count). The topological polar surface area (TPSA) is 3.24 Å². The van der Waals surface area contributed by atoms with E-state index in [4.69, 9.17) is 0 Å². The minimum Gasteiger partial charge on any atom is -0.353 e. The Balaban J connectivity index is 2.90. The summed E-state index contributed by atoms with van der Waals surface area (Å²) in [6.07, 6.45) is 27.1. The van der Waals surface area contributed by atoms with Gasteiger partial charge in [0.15, 0.2) is 0 Å². The molecule has 142 valence electrons. The van der Waals surface area contributed by atoms with Crippen LogP contribution in [0.2, 0.25) is 0 Å².